The normalized spacial score (nSPS) is 10.3. The van der Waals surface area contributed by atoms with Crippen LogP contribution in [0.1, 0.15) is 21.5 Å². The molecule has 28 heavy (non-hydrogen) atoms. The largest absolute Gasteiger partial charge is 0.452 e. The van der Waals surface area contributed by atoms with Crippen LogP contribution in [0.4, 0.5) is 10.1 Å². The molecule has 0 fully saturated rings. The average molecular weight is 451 g/mol. The van der Waals surface area contributed by atoms with Crippen LogP contribution in [0.5, 0.6) is 0 Å². The lowest BCUT2D eigenvalue weighted by Crippen LogP contribution is -2.37. The van der Waals surface area contributed by atoms with E-state index in [0.717, 1.165) is 22.1 Å². The number of carbonyl (C=O) groups excluding carboxylic acids is 3. The monoisotopic (exact) mass is 450 g/mol. The molecule has 0 spiro atoms. The molecule has 1 N–H and O–H groups in total. The first-order chi connectivity index (χ1) is 13.2. The second kappa shape index (κ2) is 9.45. The number of nitrogens with one attached hydrogen (secondary N) is 1. The van der Waals surface area contributed by atoms with Gasteiger partial charge >= 0.3 is 5.97 Å². The number of carbonyl (C=O) groups is 3. The summed E-state index contributed by atoms with van der Waals surface area (Å²) < 4.78 is 18.5. The van der Waals surface area contributed by atoms with Gasteiger partial charge in [0.25, 0.3) is 5.91 Å². The molecule has 0 saturated carbocycles. The van der Waals surface area contributed by atoms with Crippen LogP contribution in [-0.4, -0.2) is 42.9 Å². The SMILES string of the molecule is Cc1cccc(C)c1NC(=O)CN(C)C(=O)COC(=O)c1cc(F)ccc1Br. The summed E-state index contributed by atoms with van der Waals surface area (Å²) in [5.74, 6) is -2.36. The number of likely N-dealkylation sites (N-methyl/N-ethyl adjacent to an activating group) is 1. The minimum absolute atomic E-state index is 0.0248. The smallest absolute Gasteiger partial charge is 0.339 e. The van der Waals surface area contributed by atoms with Gasteiger partial charge in [-0.3, -0.25) is 9.59 Å². The standard InChI is InChI=1S/C20H20BrFN2O4/c1-12-5-4-6-13(2)19(12)23-17(25)10-24(3)18(26)11-28-20(27)15-9-14(22)7-8-16(15)21/h4-9H,10-11H2,1-3H3,(H,23,25). The van der Waals surface area contributed by atoms with Gasteiger partial charge < -0.3 is 15.0 Å². The summed E-state index contributed by atoms with van der Waals surface area (Å²) in [7, 11) is 1.43. The summed E-state index contributed by atoms with van der Waals surface area (Å²) in [5, 5.41) is 2.78. The predicted molar refractivity (Wildman–Crippen MR) is 107 cm³/mol. The van der Waals surface area contributed by atoms with Crippen LogP contribution in [0.3, 0.4) is 0 Å². The summed E-state index contributed by atoms with van der Waals surface area (Å²) >= 11 is 3.13. The van der Waals surface area contributed by atoms with Gasteiger partial charge in [-0.15, -0.1) is 0 Å². The molecule has 0 aromatic heterocycles. The van der Waals surface area contributed by atoms with Crippen molar-refractivity contribution in [1.29, 1.82) is 0 Å². The second-order valence-electron chi connectivity index (χ2n) is 6.27. The van der Waals surface area contributed by atoms with Gasteiger partial charge in [0.15, 0.2) is 6.61 Å². The van der Waals surface area contributed by atoms with Crippen molar-refractivity contribution >= 4 is 39.4 Å². The number of nitrogens with zero attached hydrogens (tertiary/aromatic N) is 1. The summed E-state index contributed by atoms with van der Waals surface area (Å²) in [6.45, 7) is 2.99. The van der Waals surface area contributed by atoms with Crippen LogP contribution in [0.15, 0.2) is 40.9 Å². The summed E-state index contributed by atoms with van der Waals surface area (Å²) in [4.78, 5) is 37.5. The Kier molecular flexibility index (Phi) is 7.28. The van der Waals surface area contributed by atoms with E-state index in [1.54, 1.807) is 0 Å². The maximum atomic E-state index is 13.3. The first kappa shape index (κ1) is 21.6. The van der Waals surface area contributed by atoms with Crippen molar-refractivity contribution in [3.63, 3.8) is 0 Å². The quantitative estimate of drug-likeness (QED) is 0.683. The number of rotatable bonds is 6. The van der Waals surface area contributed by atoms with E-state index in [2.05, 4.69) is 21.2 Å². The van der Waals surface area contributed by atoms with Crippen LogP contribution in [0.25, 0.3) is 0 Å². The van der Waals surface area contributed by atoms with Crippen LogP contribution in [0, 0.1) is 19.7 Å². The molecule has 0 atom stereocenters. The molecule has 0 saturated heterocycles. The van der Waals surface area contributed by atoms with Gasteiger partial charge in [-0.2, -0.15) is 0 Å². The second-order valence-corrected chi connectivity index (χ2v) is 7.12. The molecule has 0 aliphatic carbocycles. The van der Waals surface area contributed by atoms with E-state index in [-0.39, 0.29) is 18.0 Å². The predicted octanol–water partition coefficient (Wildman–Crippen LogP) is 3.46. The molecule has 0 unspecified atom stereocenters. The molecule has 148 valence electrons. The zero-order chi connectivity index (χ0) is 20.8. The number of anilines is 1. The van der Waals surface area contributed by atoms with Crippen molar-refractivity contribution in [2.24, 2.45) is 0 Å². The summed E-state index contributed by atoms with van der Waals surface area (Å²) in [6.07, 6.45) is 0. The number of hydrogen-bond acceptors (Lipinski definition) is 4. The third-order valence-electron chi connectivity index (χ3n) is 4.03. The first-order valence-electron chi connectivity index (χ1n) is 8.41. The van der Waals surface area contributed by atoms with Gasteiger partial charge in [0, 0.05) is 17.2 Å². The maximum absolute atomic E-state index is 13.3. The Bertz CT molecular complexity index is 897. The zero-order valence-electron chi connectivity index (χ0n) is 15.7. The number of hydrogen-bond donors (Lipinski definition) is 1. The molecular formula is C20H20BrFN2O4. The van der Waals surface area contributed by atoms with Crippen LogP contribution in [0.2, 0.25) is 0 Å². The number of halogens is 2. The Morgan fingerprint density at radius 3 is 2.43 bits per heavy atom. The number of esters is 1. The van der Waals surface area contributed by atoms with Gasteiger partial charge in [-0.1, -0.05) is 18.2 Å². The molecule has 6 nitrogen and oxygen atoms in total. The van der Waals surface area contributed by atoms with Gasteiger partial charge in [0.1, 0.15) is 5.82 Å². The van der Waals surface area contributed by atoms with Gasteiger partial charge in [0.05, 0.1) is 12.1 Å². The highest BCUT2D eigenvalue weighted by molar-refractivity contribution is 9.10. The van der Waals surface area contributed by atoms with Crippen molar-refractivity contribution in [3.05, 3.63) is 63.4 Å². The fourth-order valence-corrected chi connectivity index (χ4v) is 2.87. The Labute approximate surface area is 170 Å². The molecule has 2 rings (SSSR count). The lowest BCUT2D eigenvalue weighted by molar-refractivity contribution is -0.136. The van der Waals surface area contributed by atoms with E-state index >= 15 is 0 Å². The van der Waals surface area contributed by atoms with Crippen LogP contribution >= 0.6 is 15.9 Å². The topological polar surface area (TPSA) is 75.7 Å². The molecule has 0 bridgehead atoms. The van der Waals surface area contributed by atoms with E-state index in [4.69, 9.17) is 4.74 Å². The minimum Gasteiger partial charge on any atom is -0.452 e. The third kappa shape index (κ3) is 5.63. The molecule has 0 aliphatic heterocycles. The zero-order valence-corrected chi connectivity index (χ0v) is 17.3. The highest BCUT2D eigenvalue weighted by Gasteiger charge is 2.18. The molecule has 8 heteroatoms. The van der Waals surface area contributed by atoms with E-state index in [0.29, 0.717) is 10.2 Å². The number of ether oxygens (including phenoxy) is 1. The lowest BCUT2D eigenvalue weighted by Gasteiger charge is -2.18. The molecule has 0 aliphatic rings. The molecule has 2 aromatic carbocycles. The fourth-order valence-electron chi connectivity index (χ4n) is 2.46. The van der Waals surface area contributed by atoms with E-state index in [1.165, 1.54) is 19.2 Å². The van der Waals surface area contributed by atoms with Gasteiger partial charge in [0.2, 0.25) is 5.91 Å². The van der Waals surface area contributed by atoms with Crippen molar-refractivity contribution in [2.45, 2.75) is 13.8 Å². The van der Waals surface area contributed by atoms with Crippen molar-refractivity contribution in [3.8, 4) is 0 Å². The molecule has 2 amide bonds. The van der Waals surface area contributed by atoms with Crippen molar-refractivity contribution in [1.82, 2.24) is 4.90 Å². The summed E-state index contributed by atoms with van der Waals surface area (Å²) in [6, 6.07) is 9.22. The maximum Gasteiger partial charge on any atom is 0.339 e. The third-order valence-corrected chi connectivity index (χ3v) is 4.72. The number of benzene rings is 2. The van der Waals surface area contributed by atoms with Crippen LogP contribution in [-0.2, 0) is 14.3 Å². The van der Waals surface area contributed by atoms with E-state index in [9.17, 15) is 18.8 Å². The molecule has 0 radical (unpaired) electrons. The lowest BCUT2D eigenvalue weighted by atomic mass is 10.1. The summed E-state index contributed by atoms with van der Waals surface area (Å²) in [5.41, 5.74) is 2.51. The highest BCUT2D eigenvalue weighted by Crippen LogP contribution is 2.20. The Morgan fingerprint density at radius 2 is 1.79 bits per heavy atom. The highest BCUT2D eigenvalue weighted by atomic mass is 79.9. The molecule has 0 heterocycles. The molecule has 2 aromatic rings. The number of aryl methyl sites for hydroxylation is 2. The van der Waals surface area contributed by atoms with Crippen LogP contribution < -0.4 is 5.32 Å². The Balaban J connectivity index is 1.89. The van der Waals surface area contributed by atoms with E-state index in [1.807, 2.05) is 32.0 Å². The average Bonchev–Trinajstić information content (AvgIpc) is 2.64. The number of amides is 2. The first-order valence-corrected chi connectivity index (χ1v) is 9.20. The van der Waals surface area contributed by atoms with Crippen molar-refractivity contribution < 1.29 is 23.5 Å². The fraction of sp³-hybridized carbons (Fsp3) is 0.250. The molecular weight excluding hydrogens is 431 g/mol. The Morgan fingerprint density at radius 1 is 1.14 bits per heavy atom. The van der Waals surface area contributed by atoms with Crippen molar-refractivity contribution in [2.75, 3.05) is 25.5 Å². The van der Waals surface area contributed by atoms with E-state index < -0.39 is 24.3 Å². The number of para-hydroxylation sites is 1. The van der Waals surface area contributed by atoms with Gasteiger partial charge in [-0.25, -0.2) is 9.18 Å². The van der Waals surface area contributed by atoms with Gasteiger partial charge in [-0.05, 0) is 59.1 Å². The minimum atomic E-state index is -0.840. The Hall–Kier alpha value is -2.74.